The number of fused-ring (bicyclic) bond motifs is 3. The molecule has 3 aliphatic rings. The molecule has 0 aliphatic carbocycles. The summed E-state index contributed by atoms with van der Waals surface area (Å²) < 4.78 is 23.8. The van der Waals surface area contributed by atoms with Crippen molar-refractivity contribution in [3.05, 3.63) is 11.6 Å². The third-order valence-electron chi connectivity index (χ3n) is 12.6. The number of cyclic esters (lactones) is 1. The summed E-state index contributed by atoms with van der Waals surface area (Å²) in [7, 11) is 2.69. The number of hydrogen-bond acceptors (Lipinski definition) is 13. The zero-order valence-corrected chi connectivity index (χ0v) is 38.9. The van der Waals surface area contributed by atoms with E-state index in [0.29, 0.717) is 37.1 Å². The van der Waals surface area contributed by atoms with E-state index < -0.39 is 77.9 Å². The Morgan fingerprint density at radius 1 is 1.02 bits per heavy atom. The molecule has 3 heterocycles. The van der Waals surface area contributed by atoms with Gasteiger partial charge in [-0.3, -0.25) is 9.59 Å². The Hall–Kier alpha value is -2.24. The molecule has 12 atom stereocenters. The maximum absolute atomic E-state index is 14.0. The summed E-state index contributed by atoms with van der Waals surface area (Å²) in [5.74, 6) is -7.38. The highest BCUT2D eigenvalue weighted by molar-refractivity contribution is 6.59. The SMILES string of the molecule is CC[C@@H]1/C=C(\C)C[C@H](C)C[C@H](OC)[C@H]2O[C@@](O)(C(=O)C(=O)N3CCCC[C@H]3C(=O)O[C@H](/C(C)=N/OCCO)[C@H](C)[C@@H](O)C[C@H]1O)[C@H](C)C[C@@H]2OC.C[SiH](C)C(C)(C)C. The molecular formula is C43H78N2O12Si. The number of esters is 1. The molecule has 2 bridgehead atoms. The summed E-state index contributed by atoms with van der Waals surface area (Å²) in [5.41, 5.74) is 1.23. The van der Waals surface area contributed by atoms with Gasteiger partial charge < -0.3 is 49.1 Å². The summed E-state index contributed by atoms with van der Waals surface area (Å²) in [5, 5.41) is 48.5. The van der Waals surface area contributed by atoms with Crippen LogP contribution in [0.4, 0.5) is 0 Å². The van der Waals surface area contributed by atoms with Gasteiger partial charge in [0.1, 0.15) is 24.9 Å². The van der Waals surface area contributed by atoms with Crippen molar-refractivity contribution in [3.63, 3.8) is 0 Å². The molecule has 336 valence electrons. The fourth-order valence-electron chi connectivity index (χ4n) is 7.75. The number of ketones is 1. The molecular weight excluding hydrogens is 765 g/mol. The minimum absolute atomic E-state index is 0.0136. The van der Waals surface area contributed by atoms with Gasteiger partial charge >= 0.3 is 5.97 Å². The highest BCUT2D eigenvalue weighted by Gasteiger charge is 2.56. The Balaban J connectivity index is 0.00000151. The molecule has 0 unspecified atom stereocenters. The predicted molar refractivity (Wildman–Crippen MR) is 226 cm³/mol. The smallest absolute Gasteiger partial charge is 0.329 e. The number of oxime groups is 1. The Morgan fingerprint density at radius 3 is 2.17 bits per heavy atom. The highest BCUT2D eigenvalue weighted by Crippen LogP contribution is 2.39. The van der Waals surface area contributed by atoms with Crippen molar-refractivity contribution < 1.29 is 58.6 Å². The van der Waals surface area contributed by atoms with E-state index in [1.165, 1.54) is 14.2 Å². The van der Waals surface area contributed by atoms with E-state index in [1.54, 1.807) is 20.8 Å². The number of amides is 1. The van der Waals surface area contributed by atoms with Crippen molar-refractivity contribution in [2.45, 2.75) is 180 Å². The van der Waals surface area contributed by atoms with E-state index >= 15 is 0 Å². The van der Waals surface area contributed by atoms with Crippen LogP contribution in [0.25, 0.3) is 0 Å². The number of rotatable bonds is 7. The predicted octanol–water partition coefficient (Wildman–Crippen LogP) is 4.80. The molecule has 3 rings (SSSR count). The second-order valence-electron chi connectivity index (χ2n) is 18.3. The second kappa shape index (κ2) is 23.7. The van der Waals surface area contributed by atoms with Gasteiger partial charge in [0.15, 0.2) is 0 Å². The number of Topliss-reactive ketones (excluding diaryl/α,β-unsaturated/α-hetero) is 1. The number of ether oxygens (including phenoxy) is 4. The van der Waals surface area contributed by atoms with Gasteiger partial charge in [0, 0.05) is 53.7 Å². The Kier molecular flexibility index (Phi) is 21.2. The van der Waals surface area contributed by atoms with Gasteiger partial charge in [-0.05, 0) is 69.7 Å². The van der Waals surface area contributed by atoms with Crippen LogP contribution in [0, 0.1) is 23.7 Å². The van der Waals surface area contributed by atoms with E-state index in [4.69, 9.17) is 23.8 Å². The van der Waals surface area contributed by atoms with E-state index in [0.717, 1.165) is 10.5 Å². The zero-order chi connectivity index (χ0) is 44.1. The van der Waals surface area contributed by atoms with E-state index in [-0.39, 0.29) is 65.4 Å². The minimum atomic E-state index is -2.50. The number of methoxy groups -OCH3 is 2. The lowest BCUT2D eigenvalue weighted by molar-refractivity contribution is -0.302. The van der Waals surface area contributed by atoms with Gasteiger partial charge in [0.05, 0.1) is 36.7 Å². The van der Waals surface area contributed by atoms with Crippen molar-refractivity contribution in [2.75, 3.05) is 34.0 Å². The van der Waals surface area contributed by atoms with E-state index in [2.05, 4.69) is 45.9 Å². The largest absolute Gasteiger partial charge is 0.454 e. The summed E-state index contributed by atoms with van der Waals surface area (Å²) in [6.07, 6.45) is 0.0808. The maximum Gasteiger partial charge on any atom is 0.329 e. The van der Waals surface area contributed by atoms with Crippen molar-refractivity contribution in [1.29, 1.82) is 0 Å². The van der Waals surface area contributed by atoms with Gasteiger partial charge in [0.25, 0.3) is 11.7 Å². The van der Waals surface area contributed by atoms with Crippen molar-refractivity contribution in [3.8, 4) is 0 Å². The molecule has 14 nitrogen and oxygen atoms in total. The molecule has 3 aliphatic heterocycles. The third-order valence-corrected chi connectivity index (χ3v) is 16.0. The van der Waals surface area contributed by atoms with Crippen LogP contribution in [0.1, 0.15) is 114 Å². The average molecular weight is 843 g/mol. The molecule has 0 spiro atoms. The average Bonchev–Trinajstić information content (AvgIpc) is 3.17. The molecule has 0 aromatic heterocycles. The number of carbonyl (C=O) groups excluding carboxylic acids is 3. The molecule has 4 N–H and O–H groups in total. The number of hydrogen-bond donors (Lipinski definition) is 4. The van der Waals surface area contributed by atoms with Gasteiger partial charge in [0.2, 0.25) is 5.79 Å². The van der Waals surface area contributed by atoms with Crippen LogP contribution in [0.15, 0.2) is 16.8 Å². The van der Waals surface area contributed by atoms with Gasteiger partial charge in [-0.1, -0.05) is 78.4 Å². The first kappa shape index (κ1) is 51.9. The fourth-order valence-corrected chi connectivity index (χ4v) is 7.75. The summed E-state index contributed by atoms with van der Waals surface area (Å²) in [6, 6.07) is -1.16. The lowest BCUT2D eigenvalue weighted by Crippen LogP contribution is -2.64. The first-order valence-corrected chi connectivity index (χ1v) is 24.3. The number of nitrogens with zero attached hydrogens (tertiary/aromatic N) is 2. The van der Waals surface area contributed by atoms with Crippen LogP contribution in [0.3, 0.4) is 0 Å². The second-order valence-corrected chi connectivity index (χ2v) is 22.4. The molecule has 2 fully saturated rings. The van der Waals surface area contributed by atoms with Crippen molar-refractivity contribution in [2.24, 2.45) is 28.8 Å². The molecule has 0 aromatic carbocycles. The summed E-state index contributed by atoms with van der Waals surface area (Å²) in [4.78, 5) is 48.3. The lowest BCUT2D eigenvalue weighted by atomic mass is 9.82. The summed E-state index contributed by atoms with van der Waals surface area (Å²) in [6.45, 7) is 22.3. The Morgan fingerprint density at radius 2 is 1.62 bits per heavy atom. The van der Waals surface area contributed by atoms with E-state index in [9.17, 15) is 34.8 Å². The van der Waals surface area contributed by atoms with E-state index in [1.807, 2.05) is 19.9 Å². The number of carbonyl (C=O) groups is 3. The first-order chi connectivity index (χ1) is 27.1. The standard InChI is InChI=1S/C37H62N2O12.C6H16Si/c1-9-26-17-21(2)16-22(3)18-30(47-7)33-31(48-8)19-23(4)37(46,51-33)34(43)35(44)39-13-11-10-12-27(39)36(45)50-32(25(6)38-49-15-14-40)24(5)28(41)20-29(26)42;1-6(2,3)7(4)5/h17,22-24,26-33,40-42,46H,9-16,18-20H2,1-8H3;7H,1-5H3/b21-17+,38-25+;/t22-,23+,24+,26+,27-,28-,29+,30-,31-,32-,33+,37+;/m0./s1. The topological polar surface area (TPSA) is 194 Å². The third kappa shape index (κ3) is 14.2. The maximum atomic E-state index is 14.0. The molecule has 0 aromatic rings. The Labute approximate surface area is 349 Å². The summed E-state index contributed by atoms with van der Waals surface area (Å²) >= 11 is 0. The molecule has 15 heteroatoms. The molecule has 58 heavy (non-hydrogen) atoms. The van der Waals surface area contributed by atoms with Crippen LogP contribution in [-0.4, -0.2) is 140 Å². The minimum Gasteiger partial charge on any atom is -0.454 e. The number of allylic oxidation sites excluding steroid dienone is 1. The zero-order valence-electron chi connectivity index (χ0n) is 37.7. The van der Waals surface area contributed by atoms with Crippen molar-refractivity contribution in [1.82, 2.24) is 4.90 Å². The normalized spacial score (nSPS) is 36.4. The molecule has 0 radical (unpaired) electrons. The molecule has 1 amide bonds. The van der Waals surface area contributed by atoms with Gasteiger partial charge in [-0.2, -0.15) is 0 Å². The lowest BCUT2D eigenvalue weighted by Gasteiger charge is -2.47. The Bertz CT molecular complexity index is 1370. The van der Waals surface area contributed by atoms with Crippen LogP contribution in [-0.2, 0) is 38.2 Å². The quantitative estimate of drug-likeness (QED) is 0.0522. The van der Waals surface area contributed by atoms with Gasteiger partial charge in [-0.25, -0.2) is 4.79 Å². The van der Waals surface area contributed by atoms with Crippen LogP contribution >= 0.6 is 0 Å². The van der Waals surface area contributed by atoms with Crippen LogP contribution < -0.4 is 0 Å². The highest BCUT2D eigenvalue weighted by atomic mass is 28.3. The number of piperidine rings is 1. The monoisotopic (exact) mass is 843 g/mol. The van der Waals surface area contributed by atoms with Crippen LogP contribution in [0.2, 0.25) is 18.1 Å². The first-order valence-electron chi connectivity index (χ1n) is 21.4. The number of aliphatic hydroxyl groups is 4. The van der Waals surface area contributed by atoms with Crippen molar-refractivity contribution >= 4 is 32.2 Å². The van der Waals surface area contributed by atoms with Gasteiger partial charge in [-0.15, -0.1) is 0 Å². The molecule has 2 saturated heterocycles. The fraction of sp³-hybridized carbons (Fsp3) is 0.860. The molecule has 0 saturated carbocycles. The number of aliphatic hydroxyl groups excluding tert-OH is 3. The van der Waals surface area contributed by atoms with Crippen LogP contribution in [0.5, 0.6) is 0 Å².